The van der Waals surface area contributed by atoms with Gasteiger partial charge in [0.15, 0.2) is 0 Å². The van der Waals surface area contributed by atoms with Crippen LogP contribution in [-0.4, -0.2) is 91.6 Å². The second-order valence-corrected chi connectivity index (χ2v) is 18.2. The van der Waals surface area contributed by atoms with E-state index in [0.29, 0.717) is 31.4 Å². The Morgan fingerprint density at radius 2 is 1.81 bits per heavy atom. The number of aryl methyl sites for hydroxylation is 1. The Kier molecular flexibility index (Phi) is 11.1. The van der Waals surface area contributed by atoms with E-state index in [2.05, 4.69) is 27.1 Å². The number of nitrogens with one attached hydrogen (secondary N) is 3. The number of benzene rings is 1. The molecule has 14 nitrogen and oxygen atoms in total. The second kappa shape index (κ2) is 15.3. The first kappa shape index (κ1) is 38.6. The molecule has 1 saturated heterocycles. The van der Waals surface area contributed by atoms with E-state index in [1.54, 1.807) is 13.2 Å². The molecular formula is C38H53N5O9S. The Morgan fingerprint density at radius 1 is 1.08 bits per heavy atom. The quantitative estimate of drug-likeness (QED) is 0.199. The predicted octanol–water partition coefficient (Wildman–Crippen LogP) is 3.86. The number of hydrogen-bond donors (Lipinski definition) is 3. The van der Waals surface area contributed by atoms with Crippen LogP contribution in [0.2, 0.25) is 0 Å². The number of carbonyl (C=O) groups excluding carboxylic acids is 4. The molecule has 1 aromatic carbocycles. The van der Waals surface area contributed by atoms with Crippen molar-refractivity contribution in [1.29, 1.82) is 0 Å². The number of nitrogens with zero attached hydrogens (tertiary/aromatic N) is 2. The number of sulfonamides is 1. The predicted molar refractivity (Wildman–Crippen MR) is 196 cm³/mol. The number of carbonyl (C=O) groups is 4. The van der Waals surface area contributed by atoms with Crippen LogP contribution in [0.3, 0.4) is 0 Å². The number of hydrogen-bond acceptors (Lipinski definition) is 10. The number of alkyl carbamates (subject to hydrolysis) is 1. The molecule has 15 heteroatoms. The summed E-state index contributed by atoms with van der Waals surface area (Å²) < 4.78 is 38.8. The normalized spacial score (nSPS) is 27.0. The van der Waals surface area contributed by atoms with Gasteiger partial charge in [-0.3, -0.25) is 19.1 Å². The summed E-state index contributed by atoms with van der Waals surface area (Å²) in [6, 6.07) is 3.66. The van der Waals surface area contributed by atoms with E-state index in [-0.39, 0.29) is 31.4 Å². The molecule has 0 spiro atoms. The number of ether oxygens (including phenoxy) is 2. The standard InChI is InChI=1S/C38H53N5O9S/c1-6-10-24-21-38(24,35(46)42-53(48,49)28-17-18-28)40-33(44)31-20-27(52-41-30-14-9-11-23-15-16-26(50-5)19-29(23)30)22-43(31)34(45)32(37(2,3)4)39-36(47)51-25-12-7-8-13-25/h6,15-16,19,24-25,27-28,31-32H,1,7-14,17-18,20-22H2,2-5H3,(H,39,47)(H,40,44)(H,42,46)/b41-30+/t24-,27-,31+,32-,38-/m1/s1. The van der Waals surface area contributed by atoms with Crippen molar-refractivity contribution in [2.24, 2.45) is 16.5 Å². The van der Waals surface area contributed by atoms with E-state index in [9.17, 15) is 27.6 Å². The van der Waals surface area contributed by atoms with E-state index in [4.69, 9.17) is 14.3 Å². The number of rotatable bonds is 13. The molecule has 4 aliphatic carbocycles. The summed E-state index contributed by atoms with van der Waals surface area (Å²) in [5, 5.41) is 9.55. The molecule has 3 saturated carbocycles. The Labute approximate surface area is 311 Å². The largest absolute Gasteiger partial charge is 0.497 e. The van der Waals surface area contributed by atoms with Crippen molar-refractivity contribution in [3.63, 3.8) is 0 Å². The van der Waals surface area contributed by atoms with Crippen LogP contribution in [-0.2, 0) is 40.4 Å². The average molecular weight is 756 g/mol. The van der Waals surface area contributed by atoms with Crippen molar-refractivity contribution in [2.75, 3.05) is 13.7 Å². The van der Waals surface area contributed by atoms with Gasteiger partial charge in [-0.15, -0.1) is 6.58 Å². The number of likely N-dealkylation sites (tertiary alicyclic amines) is 1. The topological polar surface area (TPSA) is 182 Å². The third-order valence-corrected chi connectivity index (χ3v) is 12.9. The zero-order chi connectivity index (χ0) is 38.1. The molecule has 290 valence electrons. The number of fused-ring (bicyclic) bond motifs is 1. The highest BCUT2D eigenvalue weighted by Gasteiger charge is 2.62. The van der Waals surface area contributed by atoms with E-state index in [1.807, 2.05) is 39.0 Å². The summed E-state index contributed by atoms with van der Waals surface area (Å²) in [7, 11) is -2.28. The van der Waals surface area contributed by atoms with Crippen LogP contribution in [0.4, 0.5) is 4.79 Å². The molecule has 6 rings (SSSR count). The molecule has 0 radical (unpaired) electrons. The third-order valence-electron chi connectivity index (χ3n) is 11.1. The first-order chi connectivity index (χ1) is 25.1. The molecule has 1 heterocycles. The van der Waals surface area contributed by atoms with Crippen LogP contribution in [0.15, 0.2) is 36.0 Å². The molecule has 0 bridgehead atoms. The molecule has 53 heavy (non-hydrogen) atoms. The van der Waals surface area contributed by atoms with Gasteiger partial charge in [-0.25, -0.2) is 13.2 Å². The summed E-state index contributed by atoms with van der Waals surface area (Å²) in [5.41, 5.74) is 0.510. The highest BCUT2D eigenvalue weighted by Crippen LogP contribution is 2.47. The molecular weight excluding hydrogens is 703 g/mol. The van der Waals surface area contributed by atoms with Crippen LogP contribution >= 0.6 is 0 Å². The van der Waals surface area contributed by atoms with Gasteiger partial charge in [0.1, 0.15) is 35.6 Å². The minimum absolute atomic E-state index is 0.0179. The van der Waals surface area contributed by atoms with Crippen LogP contribution in [0.25, 0.3) is 0 Å². The zero-order valence-corrected chi connectivity index (χ0v) is 32.0. The van der Waals surface area contributed by atoms with Gasteiger partial charge in [0.25, 0.3) is 5.91 Å². The lowest BCUT2D eigenvalue weighted by atomic mass is 9.85. The van der Waals surface area contributed by atoms with Crippen molar-refractivity contribution in [2.45, 2.75) is 133 Å². The van der Waals surface area contributed by atoms with E-state index < -0.39 is 68.2 Å². The van der Waals surface area contributed by atoms with Gasteiger partial charge in [-0.1, -0.05) is 38.1 Å². The summed E-state index contributed by atoms with van der Waals surface area (Å²) >= 11 is 0. The Morgan fingerprint density at radius 3 is 2.47 bits per heavy atom. The first-order valence-corrected chi connectivity index (χ1v) is 20.4. The molecule has 1 aromatic rings. The maximum absolute atomic E-state index is 14.5. The van der Waals surface area contributed by atoms with Gasteiger partial charge in [-0.2, -0.15) is 0 Å². The van der Waals surface area contributed by atoms with Crippen molar-refractivity contribution in [3.05, 3.63) is 42.0 Å². The summed E-state index contributed by atoms with van der Waals surface area (Å²) in [4.78, 5) is 63.0. The number of allylic oxidation sites excluding steroid dienone is 1. The van der Waals surface area contributed by atoms with Crippen molar-refractivity contribution in [1.82, 2.24) is 20.3 Å². The van der Waals surface area contributed by atoms with Gasteiger partial charge < -0.3 is 29.8 Å². The summed E-state index contributed by atoms with van der Waals surface area (Å²) in [6.45, 7) is 9.19. The van der Waals surface area contributed by atoms with Gasteiger partial charge >= 0.3 is 6.09 Å². The smallest absolute Gasteiger partial charge is 0.408 e. The molecule has 5 atom stereocenters. The molecule has 4 amide bonds. The molecule has 1 aliphatic heterocycles. The van der Waals surface area contributed by atoms with Crippen LogP contribution < -0.4 is 20.1 Å². The van der Waals surface area contributed by atoms with Crippen molar-refractivity contribution >= 4 is 39.5 Å². The lowest BCUT2D eigenvalue weighted by Crippen LogP contribution is -2.60. The molecule has 0 aromatic heterocycles. The Hall–Kier alpha value is -4.14. The van der Waals surface area contributed by atoms with Gasteiger partial charge in [0.2, 0.25) is 21.8 Å². The van der Waals surface area contributed by atoms with Crippen LogP contribution in [0.5, 0.6) is 5.75 Å². The monoisotopic (exact) mass is 755 g/mol. The van der Waals surface area contributed by atoms with Crippen molar-refractivity contribution < 1.29 is 41.9 Å². The van der Waals surface area contributed by atoms with Crippen molar-refractivity contribution in [3.8, 4) is 5.75 Å². The van der Waals surface area contributed by atoms with E-state index in [1.165, 1.54) is 4.90 Å². The summed E-state index contributed by atoms with van der Waals surface area (Å²) in [6.07, 6.45) is 7.49. The molecule has 5 aliphatic rings. The fourth-order valence-corrected chi connectivity index (χ4v) is 9.13. The maximum atomic E-state index is 14.5. The highest BCUT2D eigenvalue weighted by molar-refractivity contribution is 7.91. The number of oxime groups is 1. The van der Waals surface area contributed by atoms with Crippen LogP contribution in [0.1, 0.15) is 103 Å². The first-order valence-electron chi connectivity index (χ1n) is 18.8. The molecule has 4 fully saturated rings. The zero-order valence-electron chi connectivity index (χ0n) is 31.1. The Bertz CT molecular complexity index is 1750. The maximum Gasteiger partial charge on any atom is 0.408 e. The fourth-order valence-electron chi connectivity index (χ4n) is 7.76. The molecule has 3 N–H and O–H groups in total. The molecule has 0 unspecified atom stereocenters. The Balaban J connectivity index is 1.25. The SMILES string of the molecule is C=CC[C@@H]1C[C@]1(NC(=O)[C@@H]1C[C@@H](O/N=C2\CCCc3ccc(OC)cc32)CN1C(=O)[C@@H](NC(=O)OC1CCCC1)C(C)(C)C)C(=O)NS(=O)(=O)C1CC1. The van der Waals surface area contributed by atoms with Crippen LogP contribution in [0, 0.1) is 11.3 Å². The lowest BCUT2D eigenvalue weighted by Gasteiger charge is -2.35. The fraction of sp³-hybridized carbons (Fsp3) is 0.658. The third kappa shape index (κ3) is 8.65. The lowest BCUT2D eigenvalue weighted by molar-refractivity contribution is -0.143. The highest BCUT2D eigenvalue weighted by atomic mass is 32.2. The minimum Gasteiger partial charge on any atom is -0.497 e. The van der Waals surface area contributed by atoms with Gasteiger partial charge in [-0.05, 0) is 99.7 Å². The average Bonchev–Trinajstić information content (AvgIpc) is 3.98. The number of amides is 4. The van der Waals surface area contributed by atoms with Gasteiger partial charge in [0, 0.05) is 12.0 Å². The van der Waals surface area contributed by atoms with E-state index in [0.717, 1.165) is 55.4 Å². The summed E-state index contributed by atoms with van der Waals surface area (Å²) in [5.74, 6) is -1.62. The van der Waals surface area contributed by atoms with E-state index >= 15 is 0 Å². The number of methoxy groups -OCH3 is 1. The minimum atomic E-state index is -3.88. The van der Waals surface area contributed by atoms with Gasteiger partial charge in [0.05, 0.1) is 24.6 Å². The second-order valence-electron chi connectivity index (χ2n) is 16.2.